The standard InChI is InChI=1S/C14H10ClN3O2/c15-10-3-5-11(6-4-10)18-13(17-7-1-2-8-17)9-12(16-18)14(19)20/h1-9H,(H,19,20). The fourth-order valence-corrected chi connectivity index (χ4v) is 2.05. The van der Waals surface area contributed by atoms with Crippen molar-refractivity contribution in [3.63, 3.8) is 0 Å². The van der Waals surface area contributed by atoms with Gasteiger partial charge >= 0.3 is 5.97 Å². The molecule has 6 heteroatoms. The molecule has 0 saturated carbocycles. The molecule has 2 heterocycles. The molecule has 0 aliphatic carbocycles. The summed E-state index contributed by atoms with van der Waals surface area (Å²) in [6.07, 6.45) is 3.66. The first-order chi connectivity index (χ1) is 9.65. The Morgan fingerprint density at radius 1 is 1.15 bits per heavy atom. The van der Waals surface area contributed by atoms with E-state index in [4.69, 9.17) is 16.7 Å². The van der Waals surface area contributed by atoms with Crippen molar-refractivity contribution in [1.82, 2.24) is 14.3 Å². The van der Waals surface area contributed by atoms with E-state index in [2.05, 4.69) is 5.10 Å². The summed E-state index contributed by atoms with van der Waals surface area (Å²) in [6, 6.07) is 12.3. The van der Waals surface area contributed by atoms with E-state index >= 15 is 0 Å². The quantitative estimate of drug-likeness (QED) is 0.805. The summed E-state index contributed by atoms with van der Waals surface area (Å²) in [7, 11) is 0. The molecule has 0 aliphatic heterocycles. The second kappa shape index (κ2) is 4.86. The summed E-state index contributed by atoms with van der Waals surface area (Å²) < 4.78 is 3.37. The van der Waals surface area contributed by atoms with Crippen LogP contribution in [0.25, 0.3) is 11.5 Å². The van der Waals surface area contributed by atoms with Gasteiger partial charge in [-0.1, -0.05) is 11.6 Å². The van der Waals surface area contributed by atoms with Crippen LogP contribution in [0.3, 0.4) is 0 Å². The Kier molecular flexibility index (Phi) is 3.04. The average molecular weight is 288 g/mol. The minimum absolute atomic E-state index is 0.0105. The van der Waals surface area contributed by atoms with Gasteiger partial charge in [-0.25, -0.2) is 9.48 Å². The van der Waals surface area contributed by atoms with Crippen molar-refractivity contribution >= 4 is 17.6 Å². The highest BCUT2D eigenvalue weighted by atomic mass is 35.5. The molecule has 0 radical (unpaired) electrons. The molecule has 0 aliphatic rings. The van der Waals surface area contributed by atoms with Crippen LogP contribution >= 0.6 is 11.6 Å². The second-order valence-corrected chi connectivity index (χ2v) is 4.61. The van der Waals surface area contributed by atoms with Gasteiger partial charge in [0, 0.05) is 23.5 Å². The van der Waals surface area contributed by atoms with E-state index in [0.29, 0.717) is 10.8 Å². The van der Waals surface area contributed by atoms with Crippen LogP contribution < -0.4 is 0 Å². The number of carboxylic acid groups (broad SMARTS) is 1. The number of rotatable bonds is 3. The molecule has 0 saturated heterocycles. The molecule has 0 atom stereocenters. The summed E-state index contributed by atoms with van der Waals surface area (Å²) in [5.74, 6) is -0.416. The van der Waals surface area contributed by atoms with Crippen molar-refractivity contribution < 1.29 is 9.90 Å². The van der Waals surface area contributed by atoms with Crippen molar-refractivity contribution in [2.24, 2.45) is 0 Å². The topological polar surface area (TPSA) is 60.0 Å². The largest absolute Gasteiger partial charge is 0.476 e. The number of hydrogen-bond donors (Lipinski definition) is 1. The van der Waals surface area contributed by atoms with Crippen LogP contribution in [-0.2, 0) is 0 Å². The molecule has 100 valence electrons. The van der Waals surface area contributed by atoms with Crippen LogP contribution in [0.2, 0.25) is 5.02 Å². The lowest BCUT2D eigenvalue weighted by Crippen LogP contribution is -2.04. The minimum Gasteiger partial charge on any atom is -0.476 e. The van der Waals surface area contributed by atoms with Crippen LogP contribution in [0.4, 0.5) is 0 Å². The number of carbonyl (C=O) groups is 1. The summed E-state index contributed by atoms with van der Waals surface area (Å²) in [5, 5.41) is 13.8. The third-order valence-corrected chi connectivity index (χ3v) is 3.10. The average Bonchev–Trinajstić information content (AvgIpc) is 3.08. The van der Waals surface area contributed by atoms with Crippen LogP contribution in [0, 0.1) is 0 Å². The van der Waals surface area contributed by atoms with Crippen molar-refractivity contribution in [2.45, 2.75) is 0 Å². The molecule has 0 unspecified atom stereocenters. The number of nitrogens with zero attached hydrogens (tertiary/aromatic N) is 3. The zero-order chi connectivity index (χ0) is 14.1. The van der Waals surface area contributed by atoms with Gasteiger partial charge in [-0.15, -0.1) is 0 Å². The van der Waals surface area contributed by atoms with E-state index in [0.717, 1.165) is 5.69 Å². The molecule has 0 amide bonds. The van der Waals surface area contributed by atoms with Gasteiger partial charge in [-0.2, -0.15) is 5.10 Å². The highest BCUT2D eigenvalue weighted by Gasteiger charge is 2.15. The van der Waals surface area contributed by atoms with Crippen LogP contribution in [0.1, 0.15) is 10.5 Å². The normalized spacial score (nSPS) is 10.7. The number of hydrogen-bond acceptors (Lipinski definition) is 2. The van der Waals surface area contributed by atoms with E-state index in [-0.39, 0.29) is 5.69 Å². The lowest BCUT2D eigenvalue weighted by atomic mass is 10.3. The predicted octanol–water partition coefficient (Wildman–Crippen LogP) is 3.01. The number of aromatic nitrogens is 3. The molecule has 5 nitrogen and oxygen atoms in total. The molecular weight excluding hydrogens is 278 g/mol. The summed E-state index contributed by atoms with van der Waals surface area (Å²) in [4.78, 5) is 11.1. The number of carboxylic acids is 1. The molecule has 0 spiro atoms. The van der Waals surface area contributed by atoms with Gasteiger partial charge in [0.15, 0.2) is 5.69 Å². The summed E-state index contributed by atoms with van der Waals surface area (Å²) in [6.45, 7) is 0. The van der Waals surface area contributed by atoms with Crippen molar-refractivity contribution in [1.29, 1.82) is 0 Å². The number of halogens is 1. The minimum atomic E-state index is -1.06. The molecule has 3 rings (SSSR count). The lowest BCUT2D eigenvalue weighted by molar-refractivity contribution is 0.0690. The van der Waals surface area contributed by atoms with E-state index < -0.39 is 5.97 Å². The first kappa shape index (κ1) is 12.5. The molecule has 1 aromatic carbocycles. The highest BCUT2D eigenvalue weighted by molar-refractivity contribution is 6.30. The Morgan fingerprint density at radius 2 is 1.80 bits per heavy atom. The SMILES string of the molecule is O=C(O)c1cc(-n2cccc2)n(-c2ccc(Cl)cc2)n1. The first-order valence-electron chi connectivity index (χ1n) is 5.88. The molecule has 20 heavy (non-hydrogen) atoms. The maximum Gasteiger partial charge on any atom is 0.356 e. The van der Waals surface area contributed by atoms with E-state index in [1.54, 1.807) is 33.5 Å². The molecule has 3 aromatic rings. The van der Waals surface area contributed by atoms with Crippen molar-refractivity contribution in [3.05, 3.63) is 65.6 Å². The molecule has 0 fully saturated rings. The maximum absolute atomic E-state index is 11.1. The number of benzene rings is 1. The van der Waals surface area contributed by atoms with Crippen LogP contribution in [0.15, 0.2) is 54.9 Å². The maximum atomic E-state index is 11.1. The van der Waals surface area contributed by atoms with Crippen LogP contribution in [0.5, 0.6) is 0 Å². The number of aromatic carboxylic acids is 1. The molecular formula is C14H10ClN3O2. The predicted molar refractivity (Wildman–Crippen MR) is 74.9 cm³/mol. The van der Waals surface area contributed by atoms with E-state index in [1.165, 1.54) is 6.07 Å². The lowest BCUT2D eigenvalue weighted by Gasteiger charge is -2.08. The Labute approximate surface area is 119 Å². The first-order valence-corrected chi connectivity index (χ1v) is 6.25. The fraction of sp³-hybridized carbons (Fsp3) is 0. The van der Waals surface area contributed by atoms with E-state index in [9.17, 15) is 4.79 Å². The third-order valence-electron chi connectivity index (χ3n) is 2.85. The Balaban J connectivity index is 2.18. The van der Waals surface area contributed by atoms with Crippen molar-refractivity contribution in [2.75, 3.05) is 0 Å². The Hall–Kier alpha value is -2.53. The Bertz CT molecular complexity index is 745. The Morgan fingerprint density at radius 3 is 2.40 bits per heavy atom. The monoisotopic (exact) mass is 287 g/mol. The van der Waals surface area contributed by atoms with E-state index in [1.807, 2.05) is 24.5 Å². The van der Waals surface area contributed by atoms with Gasteiger partial charge in [-0.3, -0.25) is 0 Å². The smallest absolute Gasteiger partial charge is 0.356 e. The van der Waals surface area contributed by atoms with Crippen molar-refractivity contribution in [3.8, 4) is 11.5 Å². The highest BCUT2D eigenvalue weighted by Crippen LogP contribution is 2.19. The van der Waals surface area contributed by atoms with Gasteiger partial charge in [0.2, 0.25) is 0 Å². The van der Waals surface area contributed by atoms with Gasteiger partial charge < -0.3 is 9.67 Å². The van der Waals surface area contributed by atoms with Gasteiger partial charge in [0.05, 0.1) is 5.69 Å². The summed E-state index contributed by atoms with van der Waals surface area (Å²) >= 11 is 5.87. The van der Waals surface area contributed by atoms with Gasteiger partial charge in [0.25, 0.3) is 0 Å². The zero-order valence-corrected chi connectivity index (χ0v) is 11.0. The molecule has 1 N–H and O–H groups in total. The molecule has 0 bridgehead atoms. The van der Waals surface area contributed by atoms with Gasteiger partial charge in [0.1, 0.15) is 5.82 Å². The molecule has 2 aromatic heterocycles. The summed E-state index contributed by atoms with van der Waals surface area (Å²) in [5.41, 5.74) is 0.731. The van der Waals surface area contributed by atoms with Gasteiger partial charge in [-0.05, 0) is 36.4 Å². The zero-order valence-electron chi connectivity index (χ0n) is 10.3. The second-order valence-electron chi connectivity index (χ2n) is 4.17. The fourth-order valence-electron chi connectivity index (χ4n) is 1.92. The van der Waals surface area contributed by atoms with Crippen LogP contribution in [-0.4, -0.2) is 25.4 Å². The third kappa shape index (κ3) is 2.19.